The lowest BCUT2D eigenvalue weighted by molar-refractivity contribution is 0.0929. The molecule has 2 aromatic heterocycles. The number of rotatable bonds is 3. The third-order valence-corrected chi connectivity index (χ3v) is 4.58. The van der Waals surface area contributed by atoms with Crippen LogP contribution in [0.1, 0.15) is 28.2 Å². The average Bonchev–Trinajstić information content (AvgIpc) is 3.04. The van der Waals surface area contributed by atoms with Crippen molar-refractivity contribution in [3.63, 3.8) is 0 Å². The Morgan fingerprint density at radius 3 is 3.04 bits per heavy atom. The minimum Gasteiger partial charge on any atom is -0.497 e. The first-order valence-electron chi connectivity index (χ1n) is 8.17. The predicted molar refractivity (Wildman–Crippen MR) is 93.0 cm³/mol. The maximum atomic E-state index is 12.6. The lowest BCUT2D eigenvalue weighted by atomic mass is 9.92. The molecule has 25 heavy (non-hydrogen) atoms. The number of methoxy groups -OCH3 is 1. The van der Waals surface area contributed by atoms with Gasteiger partial charge in [0.25, 0.3) is 11.5 Å². The van der Waals surface area contributed by atoms with Gasteiger partial charge in [0.05, 0.1) is 12.8 Å². The van der Waals surface area contributed by atoms with Crippen LogP contribution < -0.4 is 15.6 Å². The van der Waals surface area contributed by atoms with E-state index in [2.05, 4.69) is 20.5 Å². The summed E-state index contributed by atoms with van der Waals surface area (Å²) in [6.45, 7) is 0. The van der Waals surface area contributed by atoms with Crippen LogP contribution in [0.3, 0.4) is 0 Å². The molecule has 0 spiro atoms. The van der Waals surface area contributed by atoms with Gasteiger partial charge < -0.3 is 15.0 Å². The van der Waals surface area contributed by atoms with Crippen molar-refractivity contribution < 1.29 is 9.53 Å². The molecule has 1 aromatic carbocycles. The average molecular weight is 338 g/mol. The van der Waals surface area contributed by atoms with Crippen molar-refractivity contribution in [2.45, 2.75) is 25.3 Å². The first-order valence-corrected chi connectivity index (χ1v) is 8.17. The molecule has 1 aliphatic rings. The lowest BCUT2D eigenvalue weighted by Gasteiger charge is -2.24. The van der Waals surface area contributed by atoms with Crippen LogP contribution in [0.4, 0.5) is 0 Å². The van der Waals surface area contributed by atoms with Crippen LogP contribution in [0.25, 0.3) is 10.9 Å². The van der Waals surface area contributed by atoms with Crippen molar-refractivity contribution >= 4 is 16.8 Å². The van der Waals surface area contributed by atoms with Crippen molar-refractivity contribution in [3.05, 3.63) is 57.6 Å². The Morgan fingerprint density at radius 2 is 2.20 bits per heavy atom. The molecule has 0 unspecified atom stereocenters. The summed E-state index contributed by atoms with van der Waals surface area (Å²) in [5.74, 6) is 0.587. The number of aromatic amines is 2. The van der Waals surface area contributed by atoms with E-state index in [4.69, 9.17) is 4.74 Å². The number of aryl methyl sites for hydroxylation is 1. The third kappa shape index (κ3) is 3.00. The minimum atomic E-state index is -0.213. The molecule has 0 saturated heterocycles. The second-order valence-corrected chi connectivity index (χ2v) is 6.25. The van der Waals surface area contributed by atoms with E-state index >= 15 is 0 Å². The van der Waals surface area contributed by atoms with Crippen molar-refractivity contribution in [3.8, 4) is 5.75 Å². The summed E-state index contributed by atoms with van der Waals surface area (Å²) >= 11 is 0. The van der Waals surface area contributed by atoms with E-state index in [0.29, 0.717) is 12.1 Å². The van der Waals surface area contributed by atoms with Crippen molar-refractivity contribution in [2.24, 2.45) is 0 Å². The standard InChI is InChI=1S/C18H18N4O3/c1-25-13-4-2-10-7-16(20-15(10)9-13)18(24)19-12-3-5-14-11(6-12)8-17(23)22-21-14/h2,4,7-9,12,20H,3,5-6H2,1H3,(H,19,24)(H,22,23)/t12-/m1/s1. The second-order valence-electron chi connectivity index (χ2n) is 6.25. The molecule has 1 atom stereocenters. The van der Waals surface area contributed by atoms with Crippen LogP contribution in [-0.2, 0) is 12.8 Å². The molecule has 2 heterocycles. The Morgan fingerprint density at radius 1 is 1.32 bits per heavy atom. The first kappa shape index (κ1) is 15.4. The monoisotopic (exact) mass is 338 g/mol. The van der Waals surface area contributed by atoms with Crippen LogP contribution in [0, 0.1) is 0 Å². The lowest BCUT2D eigenvalue weighted by Crippen LogP contribution is -2.39. The SMILES string of the molecule is COc1ccc2cc(C(=O)N[C@@H]3CCc4n[nH]c(=O)cc4C3)[nH]c2c1. The summed E-state index contributed by atoms with van der Waals surface area (Å²) in [7, 11) is 1.61. The van der Waals surface area contributed by atoms with Gasteiger partial charge in [0, 0.05) is 29.1 Å². The summed E-state index contributed by atoms with van der Waals surface area (Å²) in [6, 6.07) is 9.02. The summed E-state index contributed by atoms with van der Waals surface area (Å²) in [4.78, 5) is 27.1. The van der Waals surface area contributed by atoms with Gasteiger partial charge in [0.1, 0.15) is 11.4 Å². The van der Waals surface area contributed by atoms with E-state index in [1.54, 1.807) is 13.2 Å². The molecule has 3 N–H and O–H groups in total. The molecule has 0 bridgehead atoms. The fourth-order valence-electron chi connectivity index (χ4n) is 3.28. The van der Waals surface area contributed by atoms with E-state index in [1.165, 1.54) is 0 Å². The van der Waals surface area contributed by atoms with Crippen molar-refractivity contribution in [2.75, 3.05) is 7.11 Å². The highest BCUT2D eigenvalue weighted by Gasteiger charge is 2.22. The smallest absolute Gasteiger partial charge is 0.267 e. The van der Waals surface area contributed by atoms with Gasteiger partial charge in [-0.2, -0.15) is 5.10 Å². The zero-order valence-corrected chi connectivity index (χ0v) is 13.8. The van der Waals surface area contributed by atoms with Gasteiger partial charge in [-0.3, -0.25) is 9.59 Å². The Balaban J connectivity index is 1.51. The number of nitrogens with zero attached hydrogens (tertiary/aromatic N) is 1. The van der Waals surface area contributed by atoms with E-state index in [-0.39, 0.29) is 17.5 Å². The highest BCUT2D eigenvalue weighted by Crippen LogP contribution is 2.22. The zero-order valence-electron chi connectivity index (χ0n) is 13.8. The maximum Gasteiger partial charge on any atom is 0.267 e. The highest BCUT2D eigenvalue weighted by atomic mass is 16.5. The Kier molecular flexibility index (Phi) is 3.76. The molecule has 0 fully saturated rings. The molecular weight excluding hydrogens is 320 g/mol. The summed E-state index contributed by atoms with van der Waals surface area (Å²) < 4.78 is 5.20. The zero-order chi connectivity index (χ0) is 17.4. The van der Waals surface area contributed by atoms with Crippen LogP contribution >= 0.6 is 0 Å². The van der Waals surface area contributed by atoms with Gasteiger partial charge in [-0.15, -0.1) is 0 Å². The molecule has 0 aliphatic heterocycles. The van der Waals surface area contributed by atoms with Crippen molar-refractivity contribution in [1.82, 2.24) is 20.5 Å². The number of aromatic nitrogens is 3. The number of ether oxygens (including phenoxy) is 1. The maximum absolute atomic E-state index is 12.6. The third-order valence-electron chi connectivity index (χ3n) is 4.58. The first-order chi connectivity index (χ1) is 12.1. The minimum absolute atomic E-state index is 0.00968. The van der Waals surface area contributed by atoms with Crippen LogP contribution in [0.15, 0.2) is 35.1 Å². The number of amides is 1. The number of hydrogen-bond acceptors (Lipinski definition) is 4. The van der Waals surface area contributed by atoms with E-state index < -0.39 is 0 Å². The summed E-state index contributed by atoms with van der Waals surface area (Å²) in [5.41, 5.74) is 2.96. The fraction of sp³-hybridized carbons (Fsp3) is 0.278. The quantitative estimate of drug-likeness (QED) is 0.674. The Labute approximate surface area is 143 Å². The Bertz CT molecular complexity index is 1000. The summed E-state index contributed by atoms with van der Waals surface area (Å²) in [5, 5.41) is 10.5. The molecule has 1 aliphatic carbocycles. The number of nitrogens with one attached hydrogen (secondary N) is 3. The number of benzene rings is 1. The second kappa shape index (κ2) is 6.08. The van der Waals surface area contributed by atoms with Gasteiger partial charge in [-0.1, -0.05) is 0 Å². The molecular formula is C18H18N4O3. The highest BCUT2D eigenvalue weighted by molar-refractivity contribution is 5.98. The number of fused-ring (bicyclic) bond motifs is 2. The molecule has 4 rings (SSSR count). The van der Waals surface area contributed by atoms with Crippen LogP contribution in [0.5, 0.6) is 5.75 Å². The largest absolute Gasteiger partial charge is 0.497 e. The molecule has 128 valence electrons. The normalized spacial score (nSPS) is 16.4. The van der Waals surface area contributed by atoms with E-state index in [9.17, 15) is 9.59 Å². The molecule has 7 nitrogen and oxygen atoms in total. The van der Waals surface area contributed by atoms with E-state index in [0.717, 1.165) is 40.8 Å². The number of carbonyl (C=O) groups is 1. The van der Waals surface area contributed by atoms with Gasteiger partial charge in [0.2, 0.25) is 0 Å². The Hall–Kier alpha value is -3.09. The number of hydrogen-bond donors (Lipinski definition) is 3. The van der Waals surface area contributed by atoms with Crippen LogP contribution in [0.2, 0.25) is 0 Å². The molecule has 3 aromatic rings. The van der Waals surface area contributed by atoms with Crippen LogP contribution in [-0.4, -0.2) is 34.2 Å². The fourth-order valence-corrected chi connectivity index (χ4v) is 3.28. The van der Waals surface area contributed by atoms with E-state index in [1.807, 2.05) is 24.3 Å². The molecule has 7 heteroatoms. The van der Waals surface area contributed by atoms with Gasteiger partial charge in [-0.05, 0) is 43.0 Å². The van der Waals surface area contributed by atoms with Gasteiger partial charge in [0.15, 0.2) is 0 Å². The summed E-state index contributed by atoms with van der Waals surface area (Å²) in [6.07, 6.45) is 2.15. The molecule has 1 amide bonds. The number of H-pyrrole nitrogens is 2. The number of carbonyl (C=O) groups excluding carboxylic acids is 1. The molecule has 0 radical (unpaired) electrons. The van der Waals surface area contributed by atoms with Crippen molar-refractivity contribution in [1.29, 1.82) is 0 Å². The van der Waals surface area contributed by atoms with Gasteiger partial charge >= 0.3 is 0 Å². The molecule has 0 saturated carbocycles. The topological polar surface area (TPSA) is 99.9 Å². The predicted octanol–water partition coefficient (Wildman–Crippen LogP) is 1.55. The van der Waals surface area contributed by atoms with Gasteiger partial charge in [-0.25, -0.2) is 5.10 Å².